The van der Waals surface area contributed by atoms with Crippen LogP contribution in [0.15, 0.2) is 70.3 Å². The van der Waals surface area contributed by atoms with Crippen molar-refractivity contribution < 1.29 is 23.9 Å². The molecule has 0 radical (unpaired) electrons. The number of carbonyl (C=O) groups is 3. The van der Waals surface area contributed by atoms with Crippen LogP contribution in [0.25, 0.3) is 11.0 Å². The molecular formula is C26H20N2O5S. The number of rotatable bonds is 5. The Morgan fingerprint density at radius 2 is 1.79 bits per heavy atom. The molecule has 0 saturated heterocycles. The Labute approximate surface area is 199 Å². The van der Waals surface area contributed by atoms with Crippen LogP contribution in [0.5, 0.6) is 0 Å². The minimum atomic E-state index is -0.931. The van der Waals surface area contributed by atoms with Gasteiger partial charge in [0.25, 0.3) is 5.91 Å². The molecule has 0 bridgehead atoms. The van der Waals surface area contributed by atoms with E-state index < -0.39 is 23.5 Å². The average molecular weight is 473 g/mol. The maximum atomic E-state index is 13.6. The minimum Gasteiger partial charge on any atom is -0.503 e. The molecule has 2 aromatic heterocycles. The lowest BCUT2D eigenvalue weighted by molar-refractivity contribution is -0.117. The lowest BCUT2D eigenvalue weighted by Gasteiger charge is -2.24. The van der Waals surface area contributed by atoms with Crippen LogP contribution in [0.2, 0.25) is 0 Å². The standard InChI is InChI=1S/C26H20N2O5S/c1-13-8-10-16(11-9-13)21-20(22(30)19-12-17-6-4-5-7-18(17)33-19)23(31)25(32)28(21)26-27-14(2)24(34-26)15(3)29/h4-12,21,31H,1-3H3. The van der Waals surface area contributed by atoms with E-state index in [1.54, 1.807) is 37.3 Å². The highest BCUT2D eigenvalue weighted by Gasteiger charge is 2.46. The Morgan fingerprint density at radius 1 is 1.09 bits per heavy atom. The third kappa shape index (κ3) is 3.43. The van der Waals surface area contributed by atoms with E-state index in [9.17, 15) is 19.5 Å². The summed E-state index contributed by atoms with van der Waals surface area (Å²) in [7, 11) is 0. The fraction of sp³-hybridized carbons (Fsp3) is 0.154. The number of aliphatic hydroxyl groups is 1. The molecule has 1 unspecified atom stereocenters. The number of fused-ring (bicyclic) bond motifs is 1. The predicted molar refractivity (Wildman–Crippen MR) is 128 cm³/mol. The van der Waals surface area contributed by atoms with Crippen molar-refractivity contribution in [2.45, 2.75) is 26.8 Å². The molecule has 34 heavy (non-hydrogen) atoms. The number of anilines is 1. The van der Waals surface area contributed by atoms with Crippen LogP contribution >= 0.6 is 11.3 Å². The van der Waals surface area contributed by atoms with Crippen LogP contribution in [0.4, 0.5) is 5.13 Å². The third-order valence-electron chi connectivity index (χ3n) is 5.81. The van der Waals surface area contributed by atoms with Gasteiger partial charge in [-0.3, -0.25) is 19.3 Å². The van der Waals surface area contributed by atoms with Gasteiger partial charge in [-0.2, -0.15) is 0 Å². The number of hydrogen-bond donors (Lipinski definition) is 1. The van der Waals surface area contributed by atoms with Gasteiger partial charge in [-0.15, -0.1) is 0 Å². The minimum absolute atomic E-state index is 0.0225. The number of furan rings is 1. The van der Waals surface area contributed by atoms with Crippen molar-refractivity contribution in [1.29, 1.82) is 0 Å². The maximum Gasteiger partial charge on any atom is 0.296 e. The summed E-state index contributed by atoms with van der Waals surface area (Å²) in [5.74, 6) is -2.15. The van der Waals surface area contributed by atoms with Crippen molar-refractivity contribution in [1.82, 2.24) is 4.98 Å². The van der Waals surface area contributed by atoms with Crippen LogP contribution < -0.4 is 4.90 Å². The molecular weight excluding hydrogens is 452 g/mol. The first kappa shape index (κ1) is 21.8. The number of nitrogens with zero attached hydrogens (tertiary/aromatic N) is 2. The Balaban J connectivity index is 1.67. The number of aryl methyl sites for hydroxylation is 2. The van der Waals surface area contributed by atoms with Gasteiger partial charge in [0, 0.05) is 12.3 Å². The number of carbonyl (C=O) groups excluding carboxylic acids is 3. The number of thiazole rings is 1. The van der Waals surface area contributed by atoms with Crippen molar-refractivity contribution in [3.63, 3.8) is 0 Å². The summed E-state index contributed by atoms with van der Waals surface area (Å²) in [5.41, 5.74) is 2.55. The topological polar surface area (TPSA) is 101 Å². The van der Waals surface area contributed by atoms with Gasteiger partial charge in [-0.05, 0) is 31.5 Å². The highest BCUT2D eigenvalue weighted by molar-refractivity contribution is 7.17. The predicted octanol–water partition coefficient (Wildman–Crippen LogP) is 5.49. The van der Waals surface area contributed by atoms with Gasteiger partial charge in [0.05, 0.1) is 22.2 Å². The molecule has 0 fully saturated rings. The van der Waals surface area contributed by atoms with Crippen LogP contribution in [-0.2, 0) is 4.79 Å². The zero-order valence-electron chi connectivity index (χ0n) is 18.7. The van der Waals surface area contributed by atoms with Crippen LogP contribution in [-0.4, -0.2) is 27.6 Å². The molecule has 8 heteroatoms. The molecule has 1 aliphatic heterocycles. The normalized spacial score (nSPS) is 16.0. The lowest BCUT2D eigenvalue weighted by Crippen LogP contribution is -2.31. The Kier molecular flexibility index (Phi) is 5.17. The van der Waals surface area contributed by atoms with E-state index >= 15 is 0 Å². The number of para-hydroxylation sites is 1. The number of amides is 1. The van der Waals surface area contributed by atoms with E-state index in [1.807, 2.05) is 31.2 Å². The van der Waals surface area contributed by atoms with E-state index in [1.165, 1.54) is 11.8 Å². The van der Waals surface area contributed by atoms with Crippen molar-refractivity contribution in [3.8, 4) is 0 Å². The van der Waals surface area contributed by atoms with Crippen molar-refractivity contribution in [2.24, 2.45) is 0 Å². The van der Waals surface area contributed by atoms with Crippen LogP contribution in [0.1, 0.15) is 50.0 Å². The van der Waals surface area contributed by atoms with Gasteiger partial charge in [-0.1, -0.05) is 59.4 Å². The summed E-state index contributed by atoms with van der Waals surface area (Å²) in [5, 5.41) is 11.9. The second-order valence-electron chi connectivity index (χ2n) is 8.20. The molecule has 1 atom stereocenters. The van der Waals surface area contributed by atoms with Crippen molar-refractivity contribution in [3.05, 3.63) is 93.4 Å². The molecule has 1 aliphatic rings. The summed E-state index contributed by atoms with van der Waals surface area (Å²) < 4.78 is 5.74. The van der Waals surface area contributed by atoms with E-state index in [-0.39, 0.29) is 22.2 Å². The molecule has 0 aliphatic carbocycles. The van der Waals surface area contributed by atoms with Crippen molar-refractivity contribution in [2.75, 3.05) is 4.90 Å². The number of aromatic nitrogens is 1. The molecule has 2 aromatic carbocycles. The molecule has 3 heterocycles. The zero-order valence-corrected chi connectivity index (χ0v) is 19.5. The molecule has 1 amide bonds. The fourth-order valence-corrected chi connectivity index (χ4v) is 5.13. The summed E-state index contributed by atoms with van der Waals surface area (Å²) >= 11 is 1.06. The fourth-order valence-electron chi connectivity index (χ4n) is 4.14. The first-order valence-corrected chi connectivity index (χ1v) is 11.4. The van der Waals surface area contributed by atoms with Crippen LogP contribution in [0, 0.1) is 13.8 Å². The zero-order chi connectivity index (χ0) is 24.1. The number of Topliss-reactive ketones (excluding diaryl/α,β-unsaturated/α-hetero) is 2. The second-order valence-corrected chi connectivity index (χ2v) is 9.17. The molecule has 1 N–H and O–H groups in total. The first-order valence-electron chi connectivity index (χ1n) is 10.6. The van der Waals surface area contributed by atoms with E-state index in [4.69, 9.17) is 4.42 Å². The molecule has 4 aromatic rings. The van der Waals surface area contributed by atoms with Gasteiger partial charge in [0.1, 0.15) is 5.58 Å². The summed E-state index contributed by atoms with van der Waals surface area (Å²) in [6.07, 6.45) is 0. The van der Waals surface area contributed by atoms with E-state index in [2.05, 4.69) is 4.98 Å². The monoisotopic (exact) mass is 472 g/mol. The molecule has 0 spiro atoms. The highest BCUT2D eigenvalue weighted by atomic mass is 32.1. The van der Waals surface area contributed by atoms with E-state index in [0.29, 0.717) is 21.7 Å². The van der Waals surface area contributed by atoms with E-state index in [0.717, 1.165) is 22.3 Å². The van der Waals surface area contributed by atoms with Crippen molar-refractivity contribution >= 4 is 44.9 Å². The molecule has 5 rings (SSSR count). The third-order valence-corrected chi connectivity index (χ3v) is 7.06. The van der Waals surface area contributed by atoms with Crippen LogP contribution in [0.3, 0.4) is 0 Å². The summed E-state index contributed by atoms with van der Waals surface area (Å²) in [4.78, 5) is 45.0. The molecule has 170 valence electrons. The van der Waals surface area contributed by atoms with Gasteiger partial charge in [-0.25, -0.2) is 4.98 Å². The van der Waals surface area contributed by atoms with Gasteiger partial charge in [0.15, 0.2) is 22.4 Å². The second kappa shape index (κ2) is 8.07. The average Bonchev–Trinajstić information content (AvgIpc) is 3.48. The first-order chi connectivity index (χ1) is 16.3. The SMILES string of the molecule is CC(=O)c1sc(N2C(=O)C(O)=C(C(=O)c3cc4ccccc4o3)C2c2ccc(C)cc2)nc1C. The summed E-state index contributed by atoms with van der Waals surface area (Å²) in [6.45, 7) is 5.05. The number of hydrogen-bond acceptors (Lipinski definition) is 7. The van der Waals surface area contributed by atoms with Gasteiger partial charge in [0.2, 0.25) is 5.78 Å². The molecule has 7 nitrogen and oxygen atoms in total. The number of aliphatic hydroxyl groups excluding tert-OH is 1. The number of ketones is 2. The lowest BCUT2D eigenvalue weighted by atomic mass is 9.94. The summed E-state index contributed by atoms with van der Waals surface area (Å²) in [6, 6.07) is 15.2. The Morgan fingerprint density at radius 3 is 2.44 bits per heavy atom. The maximum absolute atomic E-state index is 13.6. The van der Waals surface area contributed by atoms with Gasteiger partial charge < -0.3 is 9.52 Å². The smallest absolute Gasteiger partial charge is 0.296 e. The van der Waals surface area contributed by atoms with Gasteiger partial charge >= 0.3 is 0 Å². The largest absolute Gasteiger partial charge is 0.503 e. The Hall–Kier alpha value is -4.04. The highest BCUT2D eigenvalue weighted by Crippen LogP contribution is 2.44. The Bertz CT molecular complexity index is 1480. The quantitative estimate of drug-likeness (QED) is 0.386. The molecule has 0 saturated carbocycles. The number of benzene rings is 2.